The second-order valence-electron chi connectivity index (χ2n) is 6.71. The lowest BCUT2D eigenvalue weighted by Gasteiger charge is -2.10. The van der Waals surface area contributed by atoms with Crippen LogP contribution in [0.15, 0.2) is 64.2 Å². The Morgan fingerprint density at radius 2 is 1.54 bits per heavy atom. The van der Waals surface area contributed by atoms with Crippen LogP contribution in [0.25, 0.3) is 22.3 Å². The predicted molar refractivity (Wildman–Crippen MR) is 111 cm³/mol. The van der Waals surface area contributed by atoms with Gasteiger partial charge in [-0.2, -0.15) is 4.98 Å². The molecule has 0 fully saturated rings. The standard InChI is InChI=1S/C21H21N5O2/c1-22-20-23-18-17(19(27)25(3)21(28)24(18)2)26(20)13-14-9-11-16(12-10-14)15-7-5-4-6-8-15/h4-12H,13H2,1-3H3,(H,22,23). The molecule has 0 saturated heterocycles. The van der Waals surface area contributed by atoms with Crippen LogP contribution in [0.1, 0.15) is 5.56 Å². The molecule has 7 heteroatoms. The van der Waals surface area contributed by atoms with Crippen molar-refractivity contribution >= 4 is 17.1 Å². The molecule has 0 bridgehead atoms. The Hall–Kier alpha value is -3.61. The van der Waals surface area contributed by atoms with E-state index in [-0.39, 0.29) is 5.56 Å². The number of rotatable bonds is 4. The van der Waals surface area contributed by atoms with Gasteiger partial charge in [-0.3, -0.25) is 18.5 Å². The van der Waals surface area contributed by atoms with E-state index >= 15 is 0 Å². The van der Waals surface area contributed by atoms with Gasteiger partial charge in [0.15, 0.2) is 11.2 Å². The number of aromatic nitrogens is 4. The van der Waals surface area contributed by atoms with Crippen LogP contribution in [0.4, 0.5) is 5.95 Å². The first-order chi connectivity index (χ1) is 13.5. The van der Waals surface area contributed by atoms with Gasteiger partial charge in [0.05, 0.1) is 6.54 Å². The molecule has 0 saturated carbocycles. The van der Waals surface area contributed by atoms with E-state index in [1.807, 2.05) is 34.9 Å². The van der Waals surface area contributed by atoms with Crippen molar-refractivity contribution in [3.63, 3.8) is 0 Å². The van der Waals surface area contributed by atoms with E-state index in [2.05, 4.69) is 34.6 Å². The second kappa shape index (κ2) is 6.84. The lowest BCUT2D eigenvalue weighted by molar-refractivity contribution is 0.702. The van der Waals surface area contributed by atoms with Gasteiger partial charge in [-0.05, 0) is 16.7 Å². The predicted octanol–water partition coefficient (Wildman–Crippen LogP) is 2.19. The summed E-state index contributed by atoms with van der Waals surface area (Å²) in [6.45, 7) is 0.467. The Balaban J connectivity index is 1.80. The number of imidazole rings is 1. The third kappa shape index (κ3) is 2.81. The highest BCUT2D eigenvalue weighted by molar-refractivity contribution is 5.74. The van der Waals surface area contributed by atoms with E-state index in [9.17, 15) is 9.59 Å². The normalized spacial score (nSPS) is 11.1. The van der Waals surface area contributed by atoms with Crippen LogP contribution in [-0.2, 0) is 20.6 Å². The summed E-state index contributed by atoms with van der Waals surface area (Å²) in [5.41, 5.74) is 3.35. The van der Waals surface area contributed by atoms with E-state index in [1.165, 1.54) is 11.6 Å². The number of benzene rings is 2. The maximum atomic E-state index is 12.7. The van der Waals surface area contributed by atoms with E-state index in [0.717, 1.165) is 21.3 Å². The zero-order valence-electron chi connectivity index (χ0n) is 16.0. The van der Waals surface area contributed by atoms with Gasteiger partial charge >= 0.3 is 5.69 Å². The molecular formula is C21H21N5O2. The van der Waals surface area contributed by atoms with Gasteiger partial charge in [0, 0.05) is 21.1 Å². The molecule has 2 heterocycles. The van der Waals surface area contributed by atoms with Crippen LogP contribution >= 0.6 is 0 Å². The Bertz CT molecular complexity index is 1260. The lowest BCUT2D eigenvalue weighted by atomic mass is 10.0. The monoisotopic (exact) mass is 375 g/mol. The third-order valence-corrected chi connectivity index (χ3v) is 4.97. The molecule has 1 N–H and O–H groups in total. The first-order valence-electron chi connectivity index (χ1n) is 8.99. The number of nitrogens with zero attached hydrogens (tertiary/aromatic N) is 4. The van der Waals surface area contributed by atoms with E-state index in [4.69, 9.17) is 0 Å². The maximum Gasteiger partial charge on any atom is 0.332 e. The largest absolute Gasteiger partial charge is 0.359 e. The minimum atomic E-state index is -0.392. The van der Waals surface area contributed by atoms with Crippen molar-refractivity contribution in [1.29, 1.82) is 0 Å². The van der Waals surface area contributed by atoms with Gasteiger partial charge in [0.1, 0.15) is 0 Å². The number of hydrogen-bond donors (Lipinski definition) is 1. The first kappa shape index (κ1) is 17.8. The fourth-order valence-corrected chi connectivity index (χ4v) is 3.41. The van der Waals surface area contributed by atoms with Crippen LogP contribution in [0.3, 0.4) is 0 Å². The second-order valence-corrected chi connectivity index (χ2v) is 6.71. The fourth-order valence-electron chi connectivity index (χ4n) is 3.41. The fraction of sp³-hybridized carbons (Fsp3) is 0.190. The minimum Gasteiger partial charge on any atom is -0.359 e. The highest BCUT2D eigenvalue weighted by Crippen LogP contribution is 2.21. The number of anilines is 1. The number of nitrogens with one attached hydrogen (secondary N) is 1. The summed E-state index contributed by atoms with van der Waals surface area (Å²) >= 11 is 0. The molecule has 0 aliphatic rings. The SMILES string of the molecule is CNc1nc2c(c(=O)n(C)c(=O)n2C)n1Cc1ccc(-c2ccccc2)cc1. The summed E-state index contributed by atoms with van der Waals surface area (Å²) in [7, 11) is 4.85. The Morgan fingerprint density at radius 1 is 0.893 bits per heavy atom. The van der Waals surface area contributed by atoms with Crippen molar-refractivity contribution in [3.05, 3.63) is 81.0 Å². The molecule has 142 valence electrons. The summed E-state index contributed by atoms with van der Waals surface area (Å²) in [6.07, 6.45) is 0. The Kier molecular flexibility index (Phi) is 4.35. The summed E-state index contributed by atoms with van der Waals surface area (Å²) in [6, 6.07) is 18.4. The molecule has 0 unspecified atom stereocenters. The molecule has 7 nitrogen and oxygen atoms in total. The van der Waals surface area contributed by atoms with E-state index < -0.39 is 5.69 Å². The zero-order chi connectivity index (χ0) is 19.8. The Labute approximate surface area is 161 Å². The van der Waals surface area contributed by atoms with E-state index in [1.54, 1.807) is 14.1 Å². The third-order valence-electron chi connectivity index (χ3n) is 4.97. The summed E-state index contributed by atoms with van der Waals surface area (Å²) in [4.78, 5) is 29.4. The molecule has 0 aliphatic carbocycles. The maximum absolute atomic E-state index is 12.7. The quantitative estimate of drug-likeness (QED) is 0.593. The molecule has 0 aliphatic heterocycles. The van der Waals surface area contributed by atoms with Crippen molar-refractivity contribution in [2.75, 3.05) is 12.4 Å². The zero-order valence-corrected chi connectivity index (χ0v) is 16.0. The molecule has 0 radical (unpaired) electrons. The number of fused-ring (bicyclic) bond motifs is 1. The van der Waals surface area contributed by atoms with Gasteiger partial charge < -0.3 is 5.32 Å². The van der Waals surface area contributed by atoms with Crippen molar-refractivity contribution in [2.45, 2.75) is 6.54 Å². The number of aryl methyl sites for hydroxylation is 1. The molecule has 4 aromatic rings. The average Bonchev–Trinajstić information content (AvgIpc) is 3.10. The summed E-state index contributed by atoms with van der Waals surface area (Å²) < 4.78 is 4.32. The molecule has 0 amide bonds. The highest BCUT2D eigenvalue weighted by Gasteiger charge is 2.18. The molecule has 4 rings (SSSR count). The molecule has 0 spiro atoms. The topological polar surface area (TPSA) is 73.8 Å². The first-order valence-corrected chi connectivity index (χ1v) is 8.99. The average molecular weight is 375 g/mol. The summed E-state index contributed by atoms with van der Waals surface area (Å²) in [5, 5.41) is 3.02. The molecule has 2 aromatic carbocycles. The van der Waals surface area contributed by atoms with Crippen molar-refractivity contribution in [3.8, 4) is 11.1 Å². The van der Waals surface area contributed by atoms with Gasteiger partial charge in [-0.1, -0.05) is 54.6 Å². The van der Waals surface area contributed by atoms with Crippen molar-refractivity contribution < 1.29 is 0 Å². The van der Waals surface area contributed by atoms with Gasteiger partial charge in [0.25, 0.3) is 5.56 Å². The van der Waals surface area contributed by atoms with Crippen LogP contribution in [0, 0.1) is 0 Å². The van der Waals surface area contributed by atoms with Gasteiger partial charge in [-0.25, -0.2) is 4.79 Å². The molecule has 28 heavy (non-hydrogen) atoms. The van der Waals surface area contributed by atoms with E-state index in [0.29, 0.717) is 23.7 Å². The van der Waals surface area contributed by atoms with Crippen molar-refractivity contribution in [1.82, 2.24) is 18.7 Å². The van der Waals surface area contributed by atoms with Crippen LogP contribution in [-0.4, -0.2) is 25.7 Å². The molecule has 2 aromatic heterocycles. The van der Waals surface area contributed by atoms with Crippen molar-refractivity contribution in [2.24, 2.45) is 14.1 Å². The molecular weight excluding hydrogens is 354 g/mol. The summed E-state index contributed by atoms with van der Waals surface area (Å²) in [5.74, 6) is 0.542. The smallest absolute Gasteiger partial charge is 0.332 e. The van der Waals surface area contributed by atoms with Crippen LogP contribution in [0.5, 0.6) is 0 Å². The molecule has 0 atom stereocenters. The number of hydrogen-bond acceptors (Lipinski definition) is 4. The van der Waals surface area contributed by atoms with Gasteiger partial charge in [0.2, 0.25) is 5.95 Å². The van der Waals surface area contributed by atoms with Crippen LogP contribution in [0.2, 0.25) is 0 Å². The van der Waals surface area contributed by atoms with Crippen LogP contribution < -0.4 is 16.6 Å². The van der Waals surface area contributed by atoms with Gasteiger partial charge in [-0.15, -0.1) is 0 Å². The highest BCUT2D eigenvalue weighted by atomic mass is 16.2. The Morgan fingerprint density at radius 3 is 2.18 bits per heavy atom. The minimum absolute atomic E-state index is 0.354. The lowest BCUT2D eigenvalue weighted by Crippen LogP contribution is -2.37.